The number of carbonyl (C=O) groups is 1. The van der Waals surface area contributed by atoms with Crippen molar-refractivity contribution in [2.75, 3.05) is 13.1 Å². The fourth-order valence-corrected chi connectivity index (χ4v) is 3.08. The molecule has 1 fully saturated rings. The van der Waals surface area contributed by atoms with E-state index in [1.54, 1.807) is 16.9 Å². The molecule has 0 bridgehead atoms. The minimum atomic E-state index is -0.0476. The Hall–Kier alpha value is -2.15. The van der Waals surface area contributed by atoms with E-state index in [0.29, 0.717) is 12.2 Å². The van der Waals surface area contributed by atoms with Crippen molar-refractivity contribution < 1.29 is 9.32 Å². The predicted molar refractivity (Wildman–Crippen MR) is 85.0 cm³/mol. The number of rotatable bonds is 5. The number of amides is 1. The molecule has 2 aromatic rings. The van der Waals surface area contributed by atoms with Crippen LogP contribution in [-0.4, -0.2) is 44.9 Å². The molecule has 1 aliphatic heterocycles. The Bertz CT molecular complexity index is 671. The van der Waals surface area contributed by atoms with Crippen LogP contribution in [0, 0.1) is 13.8 Å². The van der Waals surface area contributed by atoms with Gasteiger partial charge in [0.25, 0.3) is 5.91 Å². The van der Waals surface area contributed by atoms with Gasteiger partial charge in [-0.2, -0.15) is 5.10 Å². The SMILES string of the molecule is CCn1nccc1C(=O)N[C@H]1CCN(Cc2c(C)noc2C)C1. The summed E-state index contributed by atoms with van der Waals surface area (Å²) < 4.78 is 6.93. The monoisotopic (exact) mass is 317 g/mol. The van der Waals surface area contributed by atoms with Crippen LogP contribution in [-0.2, 0) is 13.1 Å². The Morgan fingerprint density at radius 2 is 2.30 bits per heavy atom. The third-order valence-corrected chi connectivity index (χ3v) is 4.42. The lowest BCUT2D eigenvalue weighted by Crippen LogP contribution is -2.38. The van der Waals surface area contributed by atoms with Gasteiger partial charge in [-0.3, -0.25) is 14.4 Å². The molecule has 124 valence electrons. The van der Waals surface area contributed by atoms with Crippen LogP contribution in [0.4, 0.5) is 0 Å². The second-order valence-corrected chi connectivity index (χ2v) is 6.03. The molecule has 0 radical (unpaired) electrons. The molecule has 3 heterocycles. The largest absolute Gasteiger partial charge is 0.361 e. The van der Waals surface area contributed by atoms with Crippen LogP contribution < -0.4 is 5.32 Å². The van der Waals surface area contributed by atoms with Crippen LogP contribution in [0.15, 0.2) is 16.8 Å². The molecule has 23 heavy (non-hydrogen) atoms. The van der Waals surface area contributed by atoms with Crippen LogP contribution in [0.1, 0.15) is 40.9 Å². The van der Waals surface area contributed by atoms with Gasteiger partial charge in [0, 0.05) is 44.0 Å². The van der Waals surface area contributed by atoms with Crippen molar-refractivity contribution in [3.05, 3.63) is 35.0 Å². The molecule has 2 aromatic heterocycles. The topological polar surface area (TPSA) is 76.2 Å². The van der Waals surface area contributed by atoms with Gasteiger partial charge in [0.1, 0.15) is 11.5 Å². The highest BCUT2D eigenvalue weighted by atomic mass is 16.5. The van der Waals surface area contributed by atoms with E-state index in [9.17, 15) is 4.79 Å². The standard InChI is InChI=1S/C16H23N5O2/c1-4-21-15(5-7-17-21)16(22)18-13-6-8-20(9-13)10-14-11(2)19-23-12(14)3/h5,7,13H,4,6,8-10H2,1-3H3,(H,18,22)/t13-/m0/s1. The lowest BCUT2D eigenvalue weighted by Gasteiger charge is -2.16. The molecule has 1 saturated heterocycles. The summed E-state index contributed by atoms with van der Waals surface area (Å²) in [5.41, 5.74) is 2.72. The zero-order valence-corrected chi connectivity index (χ0v) is 13.9. The Kier molecular flexibility index (Phi) is 4.47. The molecule has 0 spiro atoms. The molecule has 1 N–H and O–H groups in total. The quantitative estimate of drug-likeness (QED) is 0.904. The third-order valence-electron chi connectivity index (χ3n) is 4.42. The summed E-state index contributed by atoms with van der Waals surface area (Å²) in [6.45, 7) is 9.20. The maximum atomic E-state index is 12.4. The van der Waals surface area contributed by atoms with Gasteiger partial charge < -0.3 is 9.84 Å². The van der Waals surface area contributed by atoms with E-state index < -0.39 is 0 Å². The third kappa shape index (κ3) is 3.29. The van der Waals surface area contributed by atoms with Crippen LogP contribution in [0.2, 0.25) is 0 Å². The zero-order valence-electron chi connectivity index (χ0n) is 13.9. The summed E-state index contributed by atoms with van der Waals surface area (Å²) in [5, 5.41) is 11.3. The molecule has 0 aliphatic carbocycles. The first-order valence-corrected chi connectivity index (χ1v) is 8.05. The zero-order chi connectivity index (χ0) is 16.4. The Balaban J connectivity index is 1.57. The molecule has 0 saturated carbocycles. The number of hydrogen-bond acceptors (Lipinski definition) is 5. The second kappa shape index (κ2) is 6.54. The molecule has 3 rings (SSSR count). The van der Waals surface area contributed by atoms with Gasteiger partial charge in [-0.1, -0.05) is 5.16 Å². The maximum Gasteiger partial charge on any atom is 0.269 e. The molecular formula is C16H23N5O2. The molecule has 7 nitrogen and oxygen atoms in total. The summed E-state index contributed by atoms with van der Waals surface area (Å²) in [4.78, 5) is 14.7. The molecule has 7 heteroatoms. The highest BCUT2D eigenvalue weighted by molar-refractivity contribution is 5.92. The van der Waals surface area contributed by atoms with Crippen LogP contribution in [0.5, 0.6) is 0 Å². The van der Waals surface area contributed by atoms with Crippen LogP contribution in [0.3, 0.4) is 0 Å². The van der Waals surface area contributed by atoms with E-state index in [0.717, 1.165) is 43.1 Å². The minimum Gasteiger partial charge on any atom is -0.361 e. The second-order valence-electron chi connectivity index (χ2n) is 6.03. The lowest BCUT2D eigenvalue weighted by atomic mass is 10.2. The van der Waals surface area contributed by atoms with Crippen molar-refractivity contribution in [3.8, 4) is 0 Å². The fraction of sp³-hybridized carbons (Fsp3) is 0.562. The van der Waals surface area contributed by atoms with Crippen molar-refractivity contribution in [1.29, 1.82) is 0 Å². The molecular weight excluding hydrogens is 294 g/mol. The molecule has 1 aliphatic rings. The van der Waals surface area contributed by atoms with Gasteiger partial charge in [0.05, 0.1) is 5.69 Å². The molecule has 1 atom stereocenters. The summed E-state index contributed by atoms with van der Waals surface area (Å²) in [6.07, 6.45) is 2.62. The van der Waals surface area contributed by atoms with E-state index >= 15 is 0 Å². The van der Waals surface area contributed by atoms with Crippen LogP contribution >= 0.6 is 0 Å². The van der Waals surface area contributed by atoms with E-state index in [4.69, 9.17) is 4.52 Å². The maximum absolute atomic E-state index is 12.4. The van der Waals surface area contributed by atoms with Crippen molar-refractivity contribution in [2.24, 2.45) is 0 Å². The first kappa shape index (κ1) is 15.7. The lowest BCUT2D eigenvalue weighted by molar-refractivity contribution is 0.0927. The van der Waals surface area contributed by atoms with Crippen molar-refractivity contribution in [3.63, 3.8) is 0 Å². The van der Waals surface area contributed by atoms with Gasteiger partial charge in [0.15, 0.2) is 0 Å². The predicted octanol–water partition coefficient (Wildman–Crippen LogP) is 1.51. The van der Waals surface area contributed by atoms with Gasteiger partial charge in [0.2, 0.25) is 0 Å². The number of hydrogen-bond donors (Lipinski definition) is 1. The molecule has 0 aromatic carbocycles. The van der Waals surface area contributed by atoms with Gasteiger partial charge in [-0.15, -0.1) is 0 Å². The molecule has 1 amide bonds. The summed E-state index contributed by atoms with van der Waals surface area (Å²) in [6, 6.07) is 1.93. The highest BCUT2D eigenvalue weighted by Crippen LogP contribution is 2.19. The summed E-state index contributed by atoms with van der Waals surface area (Å²) in [5.74, 6) is 0.829. The number of nitrogens with one attached hydrogen (secondary N) is 1. The van der Waals surface area contributed by atoms with Crippen molar-refractivity contribution in [1.82, 2.24) is 25.2 Å². The van der Waals surface area contributed by atoms with E-state index in [-0.39, 0.29) is 11.9 Å². The number of aromatic nitrogens is 3. The number of aryl methyl sites for hydroxylation is 3. The number of carbonyl (C=O) groups excluding carboxylic acids is 1. The molecule has 0 unspecified atom stereocenters. The average Bonchev–Trinajstić information content (AvgIpc) is 3.24. The Labute approximate surface area is 135 Å². The van der Waals surface area contributed by atoms with Crippen LogP contribution in [0.25, 0.3) is 0 Å². The van der Waals surface area contributed by atoms with Crippen molar-refractivity contribution in [2.45, 2.75) is 46.3 Å². The number of likely N-dealkylation sites (tertiary alicyclic amines) is 1. The summed E-state index contributed by atoms with van der Waals surface area (Å²) >= 11 is 0. The Morgan fingerprint density at radius 1 is 1.48 bits per heavy atom. The average molecular weight is 317 g/mol. The Morgan fingerprint density at radius 3 is 3.00 bits per heavy atom. The smallest absolute Gasteiger partial charge is 0.269 e. The fourth-order valence-electron chi connectivity index (χ4n) is 3.08. The van der Waals surface area contributed by atoms with E-state index in [2.05, 4.69) is 20.5 Å². The van der Waals surface area contributed by atoms with Gasteiger partial charge >= 0.3 is 0 Å². The van der Waals surface area contributed by atoms with Gasteiger partial charge in [-0.05, 0) is 33.3 Å². The van der Waals surface area contributed by atoms with Gasteiger partial charge in [-0.25, -0.2) is 0 Å². The first-order valence-electron chi connectivity index (χ1n) is 8.05. The minimum absolute atomic E-state index is 0.0476. The van der Waals surface area contributed by atoms with E-state index in [1.165, 1.54) is 0 Å². The van der Waals surface area contributed by atoms with E-state index in [1.807, 2.05) is 20.8 Å². The van der Waals surface area contributed by atoms with Crippen molar-refractivity contribution >= 4 is 5.91 Å². The summed E-state index contributed by atoms with van der Waals surface area (Å²) in [7, 11) is 0. The number of nitrogens with zero attached hydrogens (tertiary/aromatic N) is 4. The normalized spacial score (nSPS) is 18.5. The first-order chi connectivity index (χ1) is 11.1. The highest BCUT2D eigenvalue weighted by Gasteiger charge is 2.26.